The summed E-state index contributed by atoms with van der Waals surface area (Å²) in [6.07, 6.45) is 0. The minimum absolute atomic E-state index is 0.435. The number of benzene rings is 2. The summed E-state index contributed by atoms with van der Waals surface area (Å²) >= 11 is 3.39. The third kappa shape index (κ3) is 3.09. The summed E-state index contributed by atoms with van der Waals surface area (Å²) in [5.41, 5.74) is 0.435. The highest BCUT2D eigenvalue weighted by atomic mass is 79.9. The molecule has 0 bridgehead atoms. The van der Waals surface area contributed by atoms with Gasteiger partial charge in [-0.1, -0.05) is 24.3 Å². The third-order valence-electron chi connectivity index (χ3n) is 2.24. The Bertz CT molecular complexity index is 499. The first-order valence-corrected chi connectivity index (χ1v) is 5.84. The minimum atomic E-state index is -1.45. The SMILES string of the molecule is OB(O)c1ccc(Oc2ccccc2Br)cc1. The molecule has 2 aromatic rings. The highest BCUT2D eigenvalue weighted by Gasteiger charge is 2.10. The van der Waals surface area contributed by atoms with Gasteiger partial charge in [-0.05, 0) is 45.7 Å². The second-order valence-corrected chi connectivity index (χ2v) is 4.33. The summed E-state index contributed by atoms with van der Waals surface area (Å²) in [5, 5.41) is 17.9. The van der Waals surface area contributed by atoms with Gasteiger partial charge in [0.2, 0.25) is 0 Å². The Morgan fingerprint density at radius 1 is 0.941 bits per heavy atom. The van der Waals surface area contributed by atoms with Crippen LogP contribution in [-0.2, 0) is 0 Å². The third-order valence-corrected chi connectivity index (χ3v) is 2.90. The van der Waals surface area contributed by atoms with E-state index in [1.165, 1.54) is 0 Å². The van der Waals surface area contributed by atoms with Crippen molar-refractivity contribution in [2.75, 3.05) is 0 Å². The molecule has 0 saturated heterocycles. The van der Waals surface area contributed by atoms with Gasteiger partial charge in [0, 0.05) is 0 Å². The second kappa shape index (κ2) is 5.36. The number of hydrogen-bond acceptors (Lipinski definition) is 3. The quantitative estimate of drug-likeness (QED) is 0.850. The lowest BCUT2D eigenvalue weighted by Gasteiger charge is -2.08. The van der Waals surface area contributed by atoms with E-state index in [4.69, 9.17) is 14.8 Å². The zero-order valence-electron chi connectivity index (χ0n) is 8.88. The Labute approximate surface area is 108 Å². The fraction of sp³-hybridized carbons (Fsp3) is 0. The molecule has 0 heterocycles. The Hall–Kier alpha value is -1.30. The monoisotopic (exact) mass is 292 g/mol. The van der Waals surface area contributed by atoms with Gasteiger partial charge in [-0.3, -0.25) is 0 Å². The maximum absolute atomic E-state index is 8.96. The van der Waals surface area contributed by atoms with Crippen molar-refractivity contribution >= 4 is 28.5 Å². The minimum Gasteiger partial charge on any atom is -0.456 e. The first-order valence-electron chi connectivity index (χ1n) is 5.05. The molecule has 0 aliphatic carbocycles. The molecule has 5 heteroatoms. The molecule has 86 valence electrons. The van der Waals surface area contributed by atoms with Gasteiger partial charge in [0.15, 0.2) is 0 Å². The summed E-state index contributed by atoms with van der Waals surface area (Å²) in [6, 6.07) is 14.1. The average Bonchev–Trinajstić information content (AvgIpc) is 2.33. The molecular weight excluding hydrogens is 283 g/mol. The van der Waals surface area contributed by atoms with E-state index < -0.39 is 7.12 Å². The normalized spacial score (nSPS) is 10.1. The lowest BCUT2D eigenvalue weighted by atomic mass is 9.80. The molecule has 0 atom stereocenters. The molecule has 0 spiro atoms. The van der Waals surface area contributed by atoms with Crippen LogP contribution >= 0.6 is 15.9 Å². The lowest BCUT2D eigenvalue weighted by Crippen LogP contribution is -2.29. The van der Waals surface area contributed by atoms with Crippen molar-refractivity contribution < 1.29 is 14.8 Å². The van der Waals surface area contributed by atoms with Gasteiger partial charge < -0.3 is 14.8 Å². The zero-order valence-corrected chi connectivity index (χ0v) is 10.5. The standard InChI is InChI=1S/C12H10BBrO3/c14-11-3-1-2-4-12(11)17-10-7-5-9(6-8-10)13(15)16/h1-8,15-16H. The highest BCUT2D eigenvalue weighted by molar-refractivity contribution is 9.10. The van der Waals surface area contributed by atoms with Crippen LogP contribution in [0, 0.1) is 0 Å². The molecule has 0 aliphatic rings. The number of para-hydroxylation sites is 1. The maximum Gasteiger partial charge on any atom is 0.488 e. The van der Waals surface area contributed by atoms with E-state index in [1.54, 1.807) is 24.3 Å². The van der Waals surface area contributed by atoms with E-state index in [1.807, 2.05) is 24.3 Å². The highest BCUT2D eigenvalue weighted by Crippen LogP contribution is 2.28. The fourth-order valence-corrected chi connectivity index (χ4v) is 1.73. The van der Waals surface area contributed by atoms with E-state index in [0.29, 0.717) is 17.0 Å². The van der Waals surface area contributed by atoms with Gasteiger partial charge in [-0.15, -0.1) is 0 Å². The summed E-state index contributed by atoms with van der Waals surface area (Å²) in [6.45, 7) is 0. The second-order valence-electron chi connectivity index (χ2n) is 3.48. The predicted molar refractivity (Wildman–Crippen MR) is 70.5 cm³/mol. The van der Waals surface area contributed by atoms with Crippen molar-refractivity contribution in [1.29, 1.82) is 0 Å². The maximum atomic E-state index is 8.96. The summed E-state index contributed by atoms with van der Waals surface area (Å²) in [4.78, 5) is 0. The van der Waals surface area contributed by atoms with Crippen LogP contribution in [0.4, 0.5) is 0 Å². The van der Waals surface area contributed by atoms with Gasteiger partial charge in [-0.2, -0.15) is 0 Å². The Kier molecular flexibility index (Phi) is 3.84. The number of halogens is 1. The Morgan fingerprint density at radius 3 is 2.18 bits per heavy atom. The van der Waals surface area contributed by atoms with Gasteiger partial charge in [0.1, 0.15) is 11.5 Å². The van der Waals surface area contributed by atoms with Gasteiger partial charge in [-0.25, -0.2) is 0 Å². The van der Waals surface area contributed by atoms with E-state index in [2.05, 4.69) is 15.9 Å². The lowest BCUT2D eigenvalue weighted by molar-refractivity contribution is 0.425. The Morgan fingerprint density at radius 2 is 1.59 bits per heavy atom. The fourth-order valence-electron chi connectivity index (χ4n) is 1.36. The largest absolute Gasteiger partial charge is 0.488 e. The predicted octanol–water partition coefficient (Wildman–Crippen LogP) is 1.92. The molecule has 2 N–H and O–H groups in total. The van der Waals surface area contributed by atoms with Crippen molar-refractivity contribution in [3.05, 3.63) is 53.0 Å². The van der Waals surface area contributed by atoms with E-state index in [-0.39, 0.29) is 0 Å². The van der Waals surface area contributed by atoms with Crippen LogP contribution in [0.1, 0.15) is 0 Å². The van der Waals surface area contributed by atoms with Crippen LogP contribution in [0.15, 0.2) is 53.0 Å². The molecule has 17 heavy (non-hydrogen) atoms. The average molecular weight is 293 g/mol. The summed E-state index contributed by atoms with van der Waals surface area (Å²) < 4.78 is 6.50. The van der Waals surface area contributed by atoms with Crippen LogP contribution in [0.5, 0.6) is 11.5 Å². The first kappa shape index (κ1) is 12.2. The van der Waals surface area contributed by atoms with Crippen LogP contribution < -0.4 is 10.2 Å². The summed E-state index contributed by atoms with van der Waals surface area (Å²) in [5.74, 6) is 1.35. The van der Waals surface area contributed by atoms with Crippen molar-refractivity contribution in [3.63, 3.8) is 0 Å². The van der Waals surface area contributed by atoms with Crippen molar-refractivity contribution in [3.8, 4) is 11.5 Å². The van der Waals surface area contributed by atoms with E-state index >= 15 is 0 Å². The van der Waals surface area contributed by atoms with Crippen LogP contribution in [-0.4, -0.2) is 17.2 Å². The van der Waals surface area contributed by atoms with Gasteiger partial charge in [0.05, 0.1) is 4.47 Å². The molecule has 0 unspecified atom stereocenters. The molecule has 0 amide bonds. The number of rotatable bonds is 3. The summed E-state index contributed by atoms with van der Waals surface area (Å²) in [7, 11) is -1.45. The van der Waals surface area contributed by atoms with Gasteiger partial charge in [0.25, 0.3) is 0 Å². The molecule has 0 aliphatic heterocycles. The van der Waals surface area contributed by atoms with Crippen molar-refractivity contribution in [2.24, 2.45) is 0 Å². The number of ether oxygens (including phenoxy) is 1. The van der Waals surface area contributed by atoms with Crippen molar-refractivity contribution in [2.45, 2.75) is 0 Å². The van der Waals surface area contributed by atoms with E-state index in [9.17, 15) is 0 Å². The Balaban J connectivity index is 2.17. The first-order chi connectivity index (χ1) is 8.16. The van der Waals surface area contributed by atoms with Gasteiger partial charge >= 0.3 is 7.12 Å². The smallest absolute Gasteiger partial charge is 0.456 e. The molecule has 2 rings (SSSR count). The van der Waals surface area contributed by atoms with Crippen LogP contribution in [0.2, 0.25) is 0 Å². The van der Waals surface area contributed by atoms with E-state index in [0.717, 1.165) is 4.47 Å². The molecule has 3 nitrogen and oxygen atoms in total. The molecular formula is C12H10BBrO3. The van der Waals surface area contributed by atoms with Crippen molar-refractivity contribution in [1.82, 2.24) is 0 Å². The van der Waals surface area contributed by atoms with Crippen LogP contribution in [0.25, 0.3) is 0 Å². The molecule has 2 aromatic carbocycles. The molecule has 0 fully saturated rings. The molecule has 0 saturated carbocycles. The van der Waals surface area contributed by atoms with Crippen LogP contribution in [0.3, 0.4) is 0 Å². The zero-order chi connectivity index (χ0) is 12.3. The topological polar surface area (TPSA) is 49.7 Å². The molecule has 0 aromatic heterocycles. The molecule has 0 radical (unpaired) electrons. The number of hydrogen-bond donors (Lipinski definition) is 2.